The summed E-state index contributed by atoms with van der Waals surface area (Å²) in [6.07, 6.45) is -4.78. The van der Waals surface area contributed by atoms with Crippen molar-refractivity contribution in [2.75, 3.05) is 11.5 Å². The summed E-state index contributed by atoms with van der Waals surface area (Å²) in [5, 5.41) is 3.68. The minimum absolute atomic E-state index is 0.119. The zero-order chi connectivity index (χ0) is 18.4. The third-order valence-corrected chi connectivity index (χ3v) is 3.61. The van der Waals surface area contributed by atoms with Gasteiger partial charge in [0.1, 0.15) is 5.82 Å². The molecule has 0 aliphatic heterocycles. The number of benzene rings is 2. The topological polar surface area (TPSA) is 82.8 Å². The van der Waals surface area contributed by atoms with Crippen LogP contribution in [0.2, 0.25) is 0 Å². The van der Waals surface area contributed by atoms with E-state index in [2.05, 4.69) is 10.1 Å². The quantitative estimate of drug-likeness (QED) is 0.692. The van der Waals surface area contributed by atoms with Crippen molar-refractivity contribution in [3.8, 4) is 16.8 Å². The number of aryl methyl sites for hydroxylation is 1. The number of aromatic nitrogens is 3. The van der Waals surface area contributed by atoms with E-state index in [4.69, 9.17) is 11.5 Å². The van der Waals surface area contributed by atoms with Crippen LogP contribution in [0.5, 0.6) is 0 Å². The number of hydrogen-bond donors (Lipinski definition) is 2. The summed E-state index contributed by atoms with van der Waals surface area (Å²) in [5.41, 5.74) is 10.00. The molecule has 3 rings (SSSR count). The molecule has 0 radical (unpaired) electrons. The molecule has 0 bridgehead atoms. The average Bonchev–Trinajstić information content (AvgIpc) is 2.85. The van der Waals surface area contributed by atoms with Crippen LogP contribution in [-0.2, 0) is 6.18 Å². The highest BCUT2D eigenvalue weighted by Gasteiger charge is 2.36. The highest BCUT2D eigenvalue weighted by Crippen LogP contribution is 2.40. The molecule has 0 amide bonds. The number of rotatable bonds is 2. The number of hydrogen-bond acceptors (Lipinski definition) is 4. The second-order valence-electron chi connectivity index (χ2n) is 5.45. The number of nitrogen functional groups attached to an aromatic ring is 2. The van der Waals surface area contributed by atoms with Crippen molar-refractivity contribution >= 4 is 11.9 Å². The van der Waals surface area contributed by atoms with Crippen LogP contribution in [0, 0.1) is 12.7 Å². The Labute approximate surface area is 139 Å². The Hall–Kier alpha value is -3.10. The molecule has 0 fully saturated rings. The van der Waals surface area contributed by atoms with Gasteiger partial charge in [0.25, 0.3) is 0 Å². The molecule has 0 saturated heterocycles. The molecule has 0 atom stereocenters. The van der Waals surface area contributed by atoms with E-state index in [-0.39, 0.29) is 23.1 Å². The molecular weight excluding hydrogens is 338 g/mol. The summed E-state index contributed by atoms with van der Waals surface area (Å²) < 4.78 is 56.1. The summed E-state index contributed by atoms with van der Waals surface area (Å²) in [6, 6.07) is 7.77. The lowest BCUT2D eigenvalue weighted by molar-refractivity contribution is -0.137. The minimum atomic E-state index is -4.78. The van der Waals surface area contributed by atoms with Crippen molar-refractivity contribution in [2.45, 2.75) is 13.1 Å². The molecule has 1 aromatic heterocycles. The molecule has 0 spiro atoms. The van der Waals surface area contributed by atoms with Gasteiger partial charge in [0, 0.05) is 11.6 Å². The molecule has 0 saturated carbocycles. The van der Waals surface area contributed by atoms with Gasteiger partial charge in [0.15, 0.2) is 0 Å². The molecule has 1 heterocycles. The van der Waals surface area contributed by atoms with E-state index < -0.39 is 23.1 Å². The number of nitrogens with two attached hydrogens (primary N) is 2. The van der Waals surface area contributed by atoms with Crippen LogP contribution in [-0.4, -0.2) is 14.8 Å². The van der Waals surface area contributed by atoms with Gasteiger partial charge in [-0.05, 0) is 18.6 Å². The molecule has 4 N–H and O–H groups in total. The monoisotopic (exact) mass is 351 g/mol. The normalized spacial score (nSPS) is 11.7. The van der Waals surface area contributed by atoms with Crippen LogP contribution in [0.3, 0.4) is 0 Å². The third-order valence-electron chi connectivity index (χ3n) is 3.61. The van der Waals surface area contributed by atoms with Crippen LogP contribution in [0.4, 0.5) is 29.5 Å². The summed E-state index contributed by atoms with van der Waals surface area (Å²) in [7, 11) is 0. The zero-order valence-corrected chi connectivity index (χ0v) is 13.0. The Morgan fingerprint density at radius 3 is 2.20 bits per heavy atom. The SMILES string of the molecule is Cc1ccc(-c2c(F)cc(-n3nc(N)nc3N)cc2C(F)(F)F)cc1. The molecule has 130 valence electrons. The van der Waals surface area contributed by atoms with Crippen molar-refractivity contribution in [3.63, 3.8) is 0 Å². The van der Waals surface area contributed by atoms with Gasteiger partial charge in [-0.1, -0.05) is 29.8 Å². The molecule has 9 heteroatoms. The Morgan fingerprint density at radius 2 is 1.68 bits per heavy atom. The molecule has 0 unspecified atom stereocenters. The summed E-state index contributed by atoms with van der Waals surface area (Å²) in [5.74, 6) is -1.52. The van der Waals surface area contributed by atoms with Crippen molar-refractivity contribution in [1.82, 2.24) is 14.8 Å². The Bertz CT molecular complexity index is 929. The van der Waals surface area contributed by atoms with Crippen molar-refractivity contribution in [2.24, 2.45) is 0 Å². The van der Waals surface area contributed by atoms with Crippen LogP contribution < -0.4 is 11.5 Å². The van der Waals surface area contributed by atoms with Gasteiger partial charge >= 0.3 is 6.18 Å². The first-order chi connectivity index (χ1) is 11.7. The summed E-state index contributed by atoms with van der Waals surface area (Å²) >= 11 is 0. The van der Waals surface area contributed by atoms with Gasteiger partial charge in [-0.15, -0.1) is 5.10 Å². The maximum Gasteiger partial charge on any atom is 0.417 e. The lowest BCUT2D eigenvalue weighted by Gasteiger charge is -2.16. The molecule has 3 aromatic rings. The van der Waals surface area contributed by atoms with Crippen molar-refractivity contribution in [1.29, 1.82) is 0 Å². The Balaban J connectivity index is 2.26. The fourth-order valence-electron chi connectivity index (χ4n) is 2.48. The van der Waals surface area contributed by atoms with E-state index in [0.29, 0.717) is 0 Å². The number of anilines is 2. The van der Waals surface area contributed by atoms with E-state index in [0.717, 1.165) is 22.4 Å². The maximum atomic E-state index is 14.6. The number of alkyl halides is 3. The van der Waals surface area contributed by atoms with Crippen LogP contribution in [0.15, 0.2) is 36.4 Å². The first kappa shape index (κ1) is 16.7. The maximum absolute atomic E-state index is 14.6. The standard InChI is InChI=1S/C16H13F4N5/c1-8-2-4-9(5-3-8)13-11(16(18,19)20)6-10(7-12(13)17)25-15(22)23-14(21)24-25/h2-7H,1H3,(H4,21,22,23,24). The van der Waals surface area contributed by atoms with E-state index in [1.807, 2.05) is 0 Å². The molecular formula is C16H13F4N5. The van der Waals surface area contributed by atoms with Crippen LogP contribution in [0.1, 0.15) is 11.1 Å². The smallest absolute Gasteiger partial charge is 0.368 e. The average molecular weight is 351 g/mol. The second-order valence-corrected chi connectivity index (χ2v) is 5.45. The lowest BCUT2D eigenvalue weighted by atomic mass is 9.97. The highest BCUT2D eigenvalue weighted by molar-refractivity contribution is 5.71. The molecule has 0 aliphatic rings. The Morgan fingerprint density at radius 1 is 1.04 bits per heavy atom. The fraction of sp³-hybridized carbons (Fsp3) is 0.125. The first-order valence-corrected chi connectivity index (χ1v) is 7.13. The van der Waals surface area contributed by atoms with Crippen molar-refractivity contribution < 1.29 is 17.6 Å². The van der Waals surface area contributed by atoms with Crippen LogP contribution in [0.25, 0.3) is 16.8 Å². The molecule has 0 aliphatic carbocycles. The van der Waals surface area contributed by atoms with E-state index in [9.17, 15) is 17.6 Å². The lowest BCUT2D eigenvalue weighted by Crippen LogP contribution is -2.12. The van der Waals surface area contributed by atoms with Gasteiger partial charge in [0.2, 0.25) is 11.9 Å². The summed E-state index contributed by atoms with van der Waals surface area (Å²) in [4.78, 5) is 3.60. The first-order valence-electron chi connectivity index (χ1n) is 7.13. The highest BCUT2D eigenvalue weighted by atomic mass is 19.4. The van der Waals surface area contributed by atoms with Gasteiger partial charge < -0.3 is 11.5 Å². The largest absolute Gasteiger partial charge is 0.417 e. The second kappa shape index (κ2) is 5.76. The minimum Gasteiger partial charge on any atom is -0.368 e. The molecule has 25 heavy (non-hydrogen) atoms. The third kappa shape index (κ3) is 3.12. The fourth-order valence-corrected chi connectivity index (χ4v) is 2.48. The molecule has 2 aromatic carbocycles. The zero-order valence-electron chi connectivity index (χ0n) is 13.0. The Kier molecular flexibility index (Phi) is 3.86. The van der Waals surface area contributed by atoms with Gasteiger partial charge in [0.05, 0.1) is 11.3 Å². The number of nitrogens with zero attached hydrogens (tertiary/aromatic N) is 3. The van der Waals surface area contributed by atoms with E-state index in [1.165, 1.54) is 12.1 Å². The van der Waals surface area contributed by atoms with Gasteiger partial charge in [-0.3, -0.25) is 0 Å². The van der Waals surface area contributed by atoms with E-state index in [1.54, 1.807) is 19.1 Å². The van der Waals surface area contributed by atoms with Crippen LogP contribution >= 0.6 is 0 Å². The summed E-state index contributed by atoms with van der Waals surface area (Å²) in [6.45, 7) is 1.78. The van der Waals surface area contributed by atoms with Crippen molar-refractivity contribution in [3.05, 3.63) is 53.3 Å². The predicted octanol–water partition coefficient (Wildman–Crippen LogP) is 3.57. The van der Waals surface area contributed by atoms with Gasteiger partial charge in [-0.25, -0.2) is 4.39 Å². The predicted molar refractivity (Wildman–Crippen MR) is 85.3 cm³/mol. The van der Waals surface area contributed by atoms with Gasteiger partial charge in [-0.2, -0.15) is 22.8 Å². The van der Waals surface area contributed by atoms with E-state index >= 15 is 0 Å². The number of halogens is 4. The molecule has 5 nitrogen and oxygen atoms in total.